The first-order chi connectivity index (χ1) is 5.54. The van der Waals surface area contributed by atoms with Gasteiger partial charge in [0.05, 0.1) is 0 Å². The standard InChI is InChI=1S/C8H17NO2S/c1-6(2)5-12-4-3-7(9)8(10)11/h6-7H,3-5,9H2,1-2H3,(H,10,11)/t7-/m0/s1. The molecule has 0 unspecified atom stereocenters. The highest BCUT2D eigenvalue weighted by Gasteiger charge is 2.10. The second-order valence-corrected chi connectivity index (χ2v) is 4.35. The van der Waals surface area contributed by atoms with Gasteiger partial charge in [-0.05, 0) is 23.8 Å². The lowest BCUT2D eigenvalue weighted by atomic mass is 10.2. The van der Waals surface area contributed by atoms with Crippen LogP contribution in [0, 0.1) is 5.92 Å². The van der Waals surface area contributed by atoms with Crippen molar-refractivity contribution in [2.45, 2.75) is 26.3 Å². The van der Waals surface area contributed by atoms with Crippen molar-refractivity contribution in [2.75, 3.05) is 11.5 Å². The van der Waals surface area contributed by atoms with Crippen molar-refractivity contribution in [1.82, 2.24) is 0 Å². The van der Waals surface area contributed by atoms with Crippen LogP contribution in [0.15, 0.2) is 0 Å². The van der Waals surface area contributed by atoms with E-state index in [0.717, 1.165) is 11.5 Å². The Balaban J connectivity index is 3.25. The Kier molecular flexibility index (Phi) is 6.20. The van der Waals surface area contributed by atoms with E-state index in [1.54, 1.807) is 11.8 Å². The van der Waals surface area contributed by atoms with E-state index in [4.69, 9.17) is 10.8 Å². The van der Waals surface area contributed by atoms with Crippen LogP contribution in [-0.2, 0) is 4.79 Å². The largest absolute Gasteiger partial charge is 0.480 e. The Labute approximate surface area is 77.7 Å². The Morgan fingerprint density at radius 3 is 2.58 bits per heavy atom. The van der Waals surface area contributed by atoms with Crippen LogP contribution < -0.4 is 5.73 Å². The van der Waals surface area contributed by atoms with E-state index < -0.39 is 12.0 Å². The summed E-state index contributed by atoms with van der Waals surface area (Å²) in [5.74, 6) is 1.68. The third-order valence-electron chi connectivity index (χ3n) is 1.34. The summed E-state index contributed by atoms with van der Waals surface area (Å²) < 4.78 is 0. The number of hydrogen-bond donors (Lipinski definition) is 2. The molecule has 12 heavy (non-hydrogen) atoms. The molecule has 0 fully saturated rings. The van der Waals surface area contributed by atoms with E-state index in [2.05, 4.69) is 13.8 Å². The summed E-state index contributed by atoms with van der Waals surface area (Å²) in [6, 6.07) is -0.690. The highest BCUT2D eigenvalue weighted by atomic mass is 32.2. The summed E-state index contributed by atoms with van der Waals surface area (Å²) >= 11 is 1.76. The number of aliphatic carboxylic acids is 1. The van der Waals surface area contributed by atoms with Crippen LogP contribution >= 0.6 is 11.8 Å². The Bertz CT molecular complexity index is 139. The maximum absolute atomic E-state index is 10.3. The minimum Gasteiger partial charge on any atom is -0.480 e. The minimum absolute atomic E-state index is 0.562. The van der Waals surface area contributed by atoms with Crippen LogP contribution in [-0.4, -0.2) is 28.6 Å². The highest BCUT2D eigenvalue weighted by Crippen LogP contribution is 2.09. The van der Waals surface area contributed by atoms with Gasteiger partial charge in [-0.3, -0.25) is 4.79 Å². The molecule has 0 saturated heterocycles. The van der Waals surface area contributed by atoms with Crippen LogP contribution in [0.3, 0.4) is 0 Å². The van der Waals surface area contributed by atoms with Crippen LogP contribution in [0.2, 0.25) is 0 Å². The lowest BCUT2D eigenvalue weighted by Crippen LogP contribution is -2.30. The first-order valence-corrected chi connectivity index (χ1v) is 5.25. The number of thioether (sulfide) groups is 1. The van der Waals surface area contributed by atoms with E-state index in [9.17, 15) is 4.79 Å². The fourth-order valence-corrected chi connectivity index (χ4v) is 1.71. The van der Waals surface area contributed by atoms with Crippen molar-refractivity contribution in [3.05, 3.63) is 0 Å². The normalized spacial score (nSPS) is 13.3. The quantitative estimate of drug-likeness (QED) is 0.619. The molecule has 0 radical (unpaired) electrons. The van der Waals surface area contributed by atoms with Crippen molar-refractivity contribution < 1.29 is 9.90 Å². The van der Waals surface area contributed by atoms with E-state index in [-0.39, 0.29) is 0 Å². The third kappa shape index (κ3) is 6.49. The Morgan fingerprint density at radius 1 is 1.58 bits per heavy atom. The molecule has 0 spiro atoms. The van der Waals surface area contributed by atoms with Gasteiger partial charge in [0.1, 0.15) is 6.04 Å². The van der Waals surface area contributed by atoms with Crippen molar-refractivity contribution in [1.29, 1.82) is 0 Å². The average molecular weight is 191 g/mol. The van der Waals surface area contributed by atoms with E-state index in [1.165, 1.54) is 0 Å². The summed E-state index contributed by atoms with van der Waals surface area (Å²) in [6.07, 6.45) is 0.562. The molecule has 0 aliphatic carbocycles. The predicted octanol–water partition coefficient (Wildman–Crippen LogP) is 1.18. The summed E-state index contributed by atoms with van der Waals surface area (Å²) in [5, 5.41) is 8.46. The molecule has 0 aromatic carbocycles. The molecule has 0 bridgehead atoms. The van der Waals surface area contributed by atoms with Gasteiger partial charge < -0.3 is 10.8 Å². The topological polar surface area (TPSA) is 63.3 Å². The molecule has 0 aromatic heterocycles. The van der Waals surface area contributed by atoms with Crippen LogP contribution in [0.4, 0.5) is 0 Å². The molecule has 0 amide bonds. The van der Waals surface area contributed by atoms with Crippen molar-refractivity contribution in [3.63, 3.8) is 0 Å². The summed E-state index contributed by atoms with van der Waals surface area (Å²) in [7, 11) is 0. The zero-order valence-electron chi connectivity index (χ0n) is 7.62. The lowest BCUT2D eigenvalue weighted by molar-refractivity contribution is -0.138. The van der Waals surface area contributed by atoms with E-state index >= 15 is 0 Å². The monoisotopic (exact) mass is 191 g/mol. The number of carboxylic acids is 1. The molecule has 0 aliphatic rings. The molecule has 3 N–H and O–H groups in total. The van der Waals surface area contributed by atoms with Gasteiger partial charge in [-0.25, -0.2) is 0 Å². The van der Waals surface area contributed by atoms with Gasteiger partial charge in [0.25, 0.3) is 0 Å². The molecule has 72 valence electrons. The molecule has 0 aliphatic heterocycles. The maximum Gasteiger partial charge on any atom is 0.320 e. The van der Waals surface area contributed by atoms with Gasteiger partial charge in [0.15, 0.2) is 0 Å². The zero-order valence-corrected chi connectivity index (χ0v) is 8.43. The van der Waals surface area contributed by atoms with Gasteiger partial charge in [0, 0.05) is 0 Å². The first kappa shape index (κ1) is 11.8. The second kappa shape index (κ2) is 6.31. The molecule has 0 rings (SSSR count). The molecule has 4 heteroatoms. The smallest absolute Gasteiger partial charge is 0.320 e. The Morgan fingerprint density at radius 2 is 2.17 bits per heavy atom. The Hall–Kier alpha value is -0.220. The molecular weight excluding hydrogens is 174 g/mol. The molecule has 1 atom stereocenters. The second-order valence-electron chi connectivity index (χ2n) is 3.20. The average Bonchev–Trinajstić information content (AvgIpc) is 1.97. The summed E-state index contributed by atoms with van der Waals surface area (Å²) in [4.78, 5) is 10.3. The minimum atomic E-state index is -0.903. The van der Waals surface area contributed by atoms with Gasteiger partial charge in [-0.15, -0.1) is 0 Å². The maximum atomic E-state index is 10.3. The van der Waals surface area contributed by atoms with Crippen molar-refractivity contribution in [2.24, 2.45) is 11.7 Å². The highest BCUT2D eigenvalue weighted by molar-refractivity contribution is 7.99. The molecule has 3 nitrogen and oxygen atoms in total. The SMILES string of the molecule is CC(C)CSCC[C@H](N)C(=O)O. The van der Waals surface area contributed by atoms with Crippen LogP contribution in [0.1, 0.15) is 20.3 Å². The molecule has 0 aromatic rings. The number of carboxylic acid groups (broad SMARTS) is 1. The van der Waals surface area contributed by atoms with E-state index in [0.29, 0.717) is 12.3 Å². The predicted molar refractivity (Wildman–Crippen MR) is 52.4 cm³/mol. The van der Waals surface area contributed by atoms with Crippen molar-refractivity contribution in [3.8, 4) is 0 Å². The molecule has 0 saturated carbocycles. The summed E-state index contributed by atoms with van der Waals surface area (Å²) in [6.45, 7) is 4.29. The van der Waals surface area contributed by atoms with E-state index in [1.807, 2.05) is 0 Å². The summed E-state index contributed by atoms with van der Waals surface area (Å²) in [5.41, 5.74) is 5.32. The molecule has 0 heterocycles. The van der Waals surface area contributed by atoms with Gasteiger partial charge in [0.2, 0.25) is 0 Å². The van der Waals surface area contributed by atoms with Gasteiger partial charge in [-0.2, -0.15) is 11.8 Å². The lowest BCUT2D eigenvalue weighted by Gasteiger charge is -2.06. The van der Waals surface area contributed by atoms with Crippen molar-refractivity contribution >= 4 is 17.7 Å². The van der Waals surface area contributed by atoms with Crippen LogP contribution in [0.25, 0.3) is 0 Å². The van der Waals surface area contributed by atoms with Gasteiger partial charge >= 0.3 is 5.97 Å². The fourth-order valence-electron chi connectivity index (χ4n) is 0.653. The number of carbonyl (C=O) groups is 1. The number of hydrogen-bond acceptors (Lipinski definition) is 3. The number of nitrogens with two attached hydrogens (primary N) is 1. The third-order valence-corrected chi connectivity index (χ3v) is 2.77. The first-order valence-electron chi connectivity index (χ1n) is 4.10. The zero-order chi connectivity index (χ0) is 9.56. The molecular formula is C8H17NO2S. The fraction of sp³-hybridized carbons (Fsp3) is 0.875. The van der Waals surface area contributed by atoms with Gasteiger partial charge in [-0.1, -0.05) is 13.8 Å². The number of rotatable bonds is 6. The van der Waals surface area contributed by atoms with Crippen LogP contribution in [0.5, 0.6) is 0 Å².